The van der Waals surface area contributed by atoms with Gasteiger partial charge in [0.1, 0.15) is 5.69 Å². The van der Waals surface area contributed by atoms with Crippen molar-refractivity contribution in [3.05, 3.63) is 41.0 Å². The number of pyridine rings is 1. The summed E-state index contributed by atoms with van der Waals surface area (Å²) in [6, 6.07) is 8.44. The molecule has 1 fully saturated rings. The Morgan fingerprint density at radius 3 is 2.72 bits per heavy atom. The molecule has 0 aliphatic carbocycles. The number of amides is 2. The van der Waals surface area contributed by atoms with E-state index in [9.17, 15) is 27.6 Å². The van der Waals surface area contributed by atoms with E-state index in [1.54, 1.807) is 35.2 Å². The van der Waals surface area contributed by atoms with Crippen LogP contribution in [0.25, 0.3) is 10.9 Å². The highest BCUT2D eigenvalue weighted by molar-refractivity contribution is 6.31. The molecule has 2 amide bonds. The summed E-state index contributed by atoms with van der Waals surface area (Å²) in [6.45, 7) is 0.659. The van der Waals surface area contributed by atoms with Gasteiger partial charge in [0.2, 0.25) is 0 Å². The third kappa shape index (κ3) is 5.14. The molecule has 29 heavy (non-hydrogen) atoms. The summed E-state index contributed by atoms with van der Waals surface area (Å²) in [4.78, 5) is 40.4. The number of nitrogens with zero attached hydrogens (tertiary/aromatic N) is 2. The molecule has 2 heterocycles. The van der Waals surface area contributed by atoms with Crippen LogP contribution in [0.1, 0.15) is 16.9 Å². The zero-order valence-electron chi connectivity index (χ0n) is 14.8. The molecular weight excluding hydrogens is 415 g/mol. The number of carbonyl (C=O) groups is 3. The number of nitrogens with one attached hydrogen (secondary N) is 1. The Kier molecular flexibility index (Phi) is 5.92. The number of likely N-dealkylation sites (tertiary alicyclic amines) is 1. The molecule has 11 heteroatoms. The number of hydrogen-bond acceptors (Lipinski definition) is 5. The molecule has 3 rings (SSSR count). The molecule has 154 valence electrons. The molecule has 2 aromatic rings. The SMILES string of the molecule is O=C(NCC1CCN(C(=O)c2ccc3cc(Cl)ccc3n2)C1)OC(=O)C(F)(F)F. The van der Waals surface area contributed by atoms with Crippen LogP contribution in [0.3, 0.4) is 0 Å². The maximum Gasteiger partial charge on any atom is 0.491 e. The zero-order chi connectivity index (χ0) is 21.2. The summed E-state index contributed by atoms with van der Waals surface area (Å²) >= 11 is 5.93. The van der Waals surface area contributed by atoms with Gasteiger partial charge in [-0.05, 0) is 36.6 Å². The van der Waals surface area contributed by atoms with Gasteiger partial charge in [0.05, 0.1) is 5.52 Å². The van der Waals surface area contributed by atoms with E-state index in [-0.39, 0.29) is 30.6 Å². The molecule has 0 radical (unpaired) electrons. The molecule has 1 atom stereocenters. The number of halogens is 4. The van der Waals surface area contributed by atoms with Crippen LogP contribution >= 0.6 is 11.6 Å². The van der Waals surface area contributed by atoms with Crippen molar-refractivity contribution < 1.29 is 32.3 Å². The molecule has 1 saturated heterocycles. The Hall–Kier alpha value is -2.88. The number of fused-ring (bicyclic) bond motifs is 1. The number of esters is 1. The summed E-state index contributed by atoms with van der Waals surface area (Å²) in [5.41, 5.74) is 0.873. The van der Waals surface area contributed by atoms with Crippen molar-refractivity contribution in [2.75, 3.05) is 19.6 Å². The van der Waals surface area contributed by atoms with Crippen LogP contribution in [0.15, 0.2) is 30.3 Å². The first-order chi connectivity index (χ1) is 13.6. The van der Waals surface area contributed by atoms with Crippen LogP contribution in [-0.2, 0) is 9.53 Å². The topological polar surface area (TPSA) is 88.6 Å². The van der Waals surface area contributed by atoms with Gasteiger partial charge in [-0.2, -0.15) is 13.2 Å². The van der Waals surface area contributed by atoms with Crippen molar-refractivity contribution >= 4 is 40.5 Å². The Morgan fingerprint density at radius 2 is 2.00 bits per heavy atom. The minimum absolute atomic E-state index is 0.0304. The third-order valence-electron chi connectivity index (χ3n) is 4.40. The fourth-order valence-electron chi connectivity index (χ4n) is 2.97. The Bertz CT molecular complexity index is 967. The van der Waals surface area contributed by atoms with Crippen LogP contribution in [0.4, 0.5) is 18.0 Å². The number of alkyl halides is 3. The highest BCUT2D eigenvalue weighted by Gasteiger charge is 2.42. The first-order valence-electron chi connectivity index (χ1n) is 8.56. The van der Waals surface area contributed by atoms with Crippen molar-refractivity contribution in [2.45, 2.75) is 12.6 Å². The molecule has 1 aliphatic heterocycles. The van der Waals surface area contributed by atoms with Crippen molar-refractivity contribution in [3.63, 3.8) is 0 Å². The summed E-state index contributed by atoms with van der Waals surface area (Å²) in [5.74, 6) is -3.06. The van der Waals surface area contributed by atoms with Gasteiger partial charge in [0, 0.05) is 30.0 Å². The van der Waals surface area contributed by atoms with E-state index in [4.69, 9.17) is 11.6 Å². The molecule has 0 spiro atoms. The van der Waals surface area contributed by atoms with E-state index in [0.717, 1.165) is 5.39 Å². The lowest BCUT2D eigenvalue weighted by molar-refractivity contribution is -0.192. The first kappa shape index (κ1) is 20.8. The van der Waals surface area contributed by atoms with Crippen molar-refractivity contribution in [1.29, 1.82) is 0 Å². The lowest BCUT2D eigenvalue weighted by atomic mass is 10.1. The largest absolute Gasteiger partial charge is 0.491 e. The zero-order valence-corrected chi connectivity index (χ0v) is 15.6. The Labute approximate surface area is 167 Å². The van der Waals surface area contributed by atoms with E-state index in [0.29, 0.717) is 23.5 Å². The van der Waals surface area contributed by atoms with Gasteiger partial charge in [-0.25, -0.2) is 14.6 Å². The van der Waals surface area contributed by atoms with Gasteiger partial charge in [-0.15, -0.1) is 0 Å². The molecule has 1 aromatic carbocycles. The average molecular weight is 430 g/mol. The van der Waals surface area contributed by atoms with Gasteiger partial charge in [-0.3, -0.25) is 4.79 Å². The van der Waals surface area contributed by atoms with E-state index in [1.165, 1.54) is 0 Å². The molecule has 1 N–H and O–H groups in total. The van der Waals surface area contributed by atoms with Crippen LogP contribution in [-0.4, -0.2) is 53.7 Å². The number of carbonyl (C=O) groups excluding carboxylic acids is 3. The minimum Gasteiger partial charge on any atom is -0.369 e. The van der Waals surface area contributed by atoms with Crippen molar-refractivity contribution in [3.8, 4) is 0 Å². The van der Waals surface area contributed by atoms with Crippen LogP contribution in [0.2, 0.25) is 5.02 Å². The maximum absolute atomic E-state index is 12.7. The Balaban J connectivity index is 1.54. The maximum atomic E-state index is 12.7. The minimum atomic E-state index is -5.24. The Morgan fingerprint density at radius 1 is 1.24 bits per heavy atom. The number of rotatable bonds is 3. The fraction of sp³-hybridized carbons (Fsp3) is 0.333. The van der Waals surface area contributed by atoms with Gasteiger partial charge in [0.25, 0.3) is 5.91 Å². The standard InChI is InChI=1S/C18H15ClF3N3O4/c19-12-2-4-13-11(7-12)1-3-14(24-13)15(26)25-6-5-10(9-25)8-23-17(28)29-16(27)18(20,21)22/h1-4,7,10H,5-6,8-9H2,(H,23,28). The summed E-state index contributed by atoms with van der Waals surface area (Å²) in [7, 11) is 0. The summed E-state index contributed by atoms with van der Waals surface area (Å²) in [6.07, 6.45) is -6.19. The van der Waals surface area contributed by atoms with E-state index in [2.05, 4.69) is 15.0 Å². The summed E-state index contributed by atoms with van der Waals surface area (Å²) in [5, 5.41) is 3.46. The second-order valence-electron chi connectivity index (χ2n) is 6.50. The number of aromatic nitrogens is 1. The van der Waals surface area contributed by atoms with Crippen molar-refractivity contribution in [2.24, 2.45) is 5.92 Å². The lowest BCUT2D eigenvalue weighted by Gasteiger charge is -2.16. The number of benzene rings is 1. The normalized spacial score (nSPS) is 16.7. The number of alkyl carbamates (subject to hydrolysis) is 1. The molecule has 0 saturated carbocycles. The van der Waals surface area contributed by atoms with E-state index >= 15 is 0 Å². The van der Waals surface area contributed by atoms with Crippen LogP contribution in [0, 0.1) is 5.92 Å². The van der Waals surface area contributed by atoms with Gasteiger partial charge >= 0.3 is 18.2 Å². The van der Waals surface area contributed by atoms with E-state index < -0.39 is 18.2 Å². The van der Waals surface area contributed by atoms with Crippen LogP contribution in [0.5, 0.6) is 0 Å². The second kappa shape index (κ2) is 8.24. The monoisotopic (exact) mass is 429 g/mol. The predicted octanol–water partition coefficient (Wildman–Crippen LogP) is 3.17. The number of ether oxygens (including phenoxy) is 1. The third-order valence-corrected chi connectivity index (χ3v) is 4.63. The molecule has 0 bridgehead atoms. The average Bonchev–Trinajstić information content (AvgIpc) is 3.13. The van der Waals surface area contributed by atoms with Crippen molar-refractivity contribution in [1.82, 2.24) is 15.2 Å². The molecule has 7 nitrogen and oxygen atoms in total. The van der Waals surface area contributed by atoms with Gasteiger partial charge < -0.3 is 15.0 Å². The van der Waals surface area contributed by atoms with Gasteiger partial charge in [0.15, 0.2) is 0 Å². The number of hydrogen-bond donors (Lipinski definition) is 1. The quantitative estimate of drug-likeness (QED) is 0.598. The first-order valence-corrected chi connectivity index (χ1v) is 8.93. The van der Waals surface area contributed by atoms with Gasteiger partial charge in [-0.1, -0.05) is 17.7 Å². The fourth-order valence-corrected chi connectivity index (χ4v) is 3.15. The highest BCUT2D eigenvalue weighted by atomic mass is 35.5. The highest BCUT2D eigenvalue weighted by Crippen LogP contribution is 2.21. The molecule has 1 unspecified atom stereocenters. The smallest absolute Gasteiger partial charge is 0.369 e. The lowest BCUT2D eigenvalue weighted by Crippen LogP contribution is -2.37. The molecule has 1 aromatic heterocycles. The second-order valence-corrected chi connectivity index (χ2v) is 6.93. The predicted molar refractivity (Wildman–Crippen MR) is 96.3 cm³/mol. The van der Waals surface area contributed by atoms with E-state index in [1.807, 2.05) is 0 Å². The molecule has 1 aliphatic rings. The molecular formula is C18H15ClF3N3O4. The van der Waals surface area contributed by atoms with Crippen LogP contribution < -0.4 is 5.32 Å². The summed E-state index contributed by atoms with van der Waals surface area (Å²) < 4.78 is 39.8.